The maximum absolute atomic E-state index is 9.88. The Labute approximate surface area is 103 Å². The molecule has 2 rings (SSSR count). The molecule has 2 atom stereocenters. The van der Waals surface area contributed by atoms with E-state index < -0.39 is 0 Å². The van der Waals surface area contributed by atoms with Gasteiger partial charge in [-0.15, -0.1) is 0 Å². The molecule has 0 bridgehead atoms. The summed E-state index contributed by atoms with van der Waals surface area (Å²) in [6, 6.07) is 10.7. The molecule has 94 valence electrons. The van der Waals surface area contributed by atoms with E-state index in [-0.39, 0.29) is 12.1 Å². The van der Waals surface area contributed by atoms with Gasteiger partial charge in [-0.3, -0.25) is 4.90 Å². The van der Waals surface area contributed by atoms with E-state index in [0.29, 0.717) is 0 Å². The van der Waals surface area contributed by atoms with E-state index in [4.69, 9.17) is 0 Å². The molecule has 0 aliphatic carbocycles. The van der Waals surface area contributed by atoms with E-state index in [1.54, 1.807) is 0 Å². The molecule has 1 fully saturated rings. The van der Waals surface area contributed by atoms with Crippen LogP contribution in [0.1, 0.15) is 12.5 Å². The Morgan fingerprint density at radius 3 is 2.71 bits per heavy atom. The minimum atomic E-state index is -0.217. The molecule has 0 amide bonds. The van der Waals surface area contributed by atoms with E-state index in [9.17, 15) is 5.11 Å². The third-order valence-electron chi connectivity index (χ3n) is 3.47. The van der Waals surface area contributed by atoms with E-state index in [1.165, 1.54) is 5.56 Å². The molecule has 3 heteroatoms. The zero-order valence-corrected chi connectivity index (χ0v) is 10.5. The van der Waals surface area contributed by atoms with Gasteiger partial charge in [0.1, 0.15) is 0 Å². The Kier molecular flexibility index (Phi) is 4.54. The quantitative estimate of drug-likeness (QED) is 0.794. The van der Waals surface area contributed by atoms with Crippen LogP contribution in [0.5, 0.6) is 0 Å². The van der Waals surface area contributed by atoms with Crippen LogP contribution in [0.25, 0.3) is 0 Å². The van der Waals surface area contributed by atoms with Crippen LogP contribution in [-0.4, -0.2) is 48.3 Å². The molecule has 1 aromatic rings. The van der Waals surface area contributed by atoms with Gasteiger partial charge in [0.15, 0.2) is 0 Å². The highest BCUT2D eigenvalue weighted by Crippen LogP contribution is 2.09. The molecule has 2 N–H and O–H groups in total. The number of hydrogen-bond acceptors (Lipinski definition) is 3. The first kappa shape index (κ1) is 12.6. The average molecular weight is 234 g/mol. The maximum atomic E-state index is 9.88. The smallest absolute Gasteiger partial charge is 0.0832 e. The Hall–Kier alpha value is -0.900. The van der Waals surface area contributed by atoms with E-state index in [2.05, 4.69) is 41.4 Å². The van der Waals surface area contributed by atoms with Gasteiger partial charge in [-0.1, -0.05) is 37.3 Å². The number of benzene rings is 1. The van der Waals surface area contributed by atoms with Gasteiger partial charge in [0.05, 0.1) is 6.10 Å². The summed E-state index contributed by atoms with van der Waals surface area (Å²) in [5.74, 6) is 0. The van der Waals surface area contributed by atoms with Crippen molar-refractivity contribution in [2.24, 2.45) is 0 Å². The average Bonchev–Trinajstić information content (AvgIpc) is 2.72. The van der Waals surface area contributed by atoms with E-state index in [1.807, 2.05) is 6.07 Å². The molecule has 17 heavy (non-hydrogen) atoms. The van der Waals surface area contributed by atoms with Crippen LogP contribution >= 0.6 is 0 Å². The van der Waals surface area contributed by atoms with Gasteiger partial charge >= 0.3 is 0 Å². The largest absolute Gasteiger partial charge is 0.390 e. The Bertz CT molecular complexity index is 328. The molecule has 1 aliphatic rings. The number of nitrogens with zero attached hydrogens (tertiary/aromatic N) is 1. The molecule has 3 nitrogen and oxygen atoms in total. The number of β-amino-alcohol motifs (C(OH)–C–C–N with tert-alkyl or cyclic N) is 1. The Morgan fingerprint density at radius 2 is 2.06 bits per heavy atom. The lowest BCUT2D eigenvalue weighted by atomic mass is 10.1. The van der Waals surface area contributed by atoms with Crippen molar-refractivity contribution in [3.63, 3.8) is 0 Å². The molecule has 1 saturated heterocycles. The second-order valence-corrected chi connectivity index (χ2v) is 4.72. The number of likely N-dealkylation sites (tertiary alicyclic amines) is 1. The Balaban J connectivity index is 1.72. The molecular formula is C14H22N2O. The van der Waals surface area contributed by atoms with Gasteiger partial charge in [0.2, 0.25) is 0 Å². The lowest BCUT2D eigenvalue weighted by Crippen LogP contribution is -2.40. The number of aliphatic hydroxyl groups is 1. The first-order valence-corrected chi connectivity index (χ1v) is 6.47. The minimum Gasteiger partial charge on any atom is -0.390 e. The maximum Gasteiger partial charge on any atom is 0.0832 e. The number of hydrogen-bond donors (Lipinski definition) is 2. The molecule has 1 heterocycles. The molecule has 0 aromatic heterocycles. The van der Waals surface area contributed by atoms with Crippen molar-refractivity contribution < 1.29 is 5.11 Å². The van der Waals surface area contributed by atoms with Gasteiger partial charge in [0, 0.05) is 19.1 Å². The summed E-state index contributed by atoms with van der Waals surface area (Å²) < 4.78 is 0. The summed E-state index contributed by atoms with van der Waals surface area (Å²) in [6.45, 7) is 5.86. The predicted molar refractivity (Wildman–Crippen MR) is 70.1 cm³/mol. The molecule has 0 saturated carbocycles. The summed E-state index contributed by atoms with van der Waals surface area (Å²) in [5, 5.41) is 13.3. The van der Waals surface area contributed by atoms with Crippen LogP contribution in [0.3, 0.4) is 0 Å². The van der Waals surface area contributed by atoms with E-state index >= 15 is 0 Å². The molecule has 0 radical (unpaired) electrons. The normalized spacial score (nSPS) is 25.3. The highest BCUT2D eigenvalue weighted by atomic mass is 16.3. The van der Waals surface area contributed by atoms with Crippen LogP contribution in [0.15, 0.2) is 30.3 Å². The lowest BCUT2D eigenvalue weighted by molar-refractivity contribution is 0.155. The molecular weight excluding hydrogens is 212 g/mol. The zero-order valence-electron chi connectivity index (χ0n) is 10.5. The first-order chi connectivity index (χ1) is 8.29. The van der Waals surface area contributed by atoms with Crippen LogP contribution in [-0.2, 0) is 6.42 Å². The monoisotopic (exact) mass is 234 g/mol. The Morgan fingerprint density at radius 1 is 1.29 bits per heavy atom. The standard InChI is InChI=1S/C14H22N2O/c1-2-16-10-13(14(17)11-16)15-9-8-12-6-4-3-5-7-12/h3-7,13-15,17H,2,8-11H2,1H3/t13-,14-/m0/s1. The summed E-state index contributed by atoms with van der Waals surface area (Å²) >= 11 is 0. The summed E-state index contributed by atoms with van der Waals surface area (Å²) in [6.07, 6.45) is 0.807. The zero-order chi connectivity index (χ0) is 12.1. The van der Waals surface area contributed by atoms with Crippen LogP contribution in [0.2, 0.25) is 0 Å². The second-order valence-electron chi connectivity index (χ2n) is 4.72. The highest BCUT2D eigenvalue weighted by molar-refractivity contribution is 5.14. The topological polar surface area (TPSA) is 35.5 Å². The van der Waals surface area contributed by atoms with Gasteiger partial charge in [-0.25, -0.2) is 0 Å². The SMILES string of the molecule is CCN1C[C@H](NCCc2ccccc2)[C@@H](O)C1. The summed E-state index contributed by atoms with van der Waals surface area (Å²) in [4.78, 5) is 2.28. The molecule has 0 spiro atoms. The molecule has 1 aromatic carbocycles. The fourth-order valence-electron chi connectivity index (χ4n) is 2.37. The van der Waals surface area contributed by atoms with Crippen LogP contribution in [0, 0.1) is 0 Å². The third kappa shape index (κ3) is 3.53. The summed E-state index contributed by atoms with van der Waals surface area (Å²) in [7, 11) is 0. The van der Waals surface area contributed by atoms with Crippen molar-refractivity contribution in [2.75, 3.05) is 26.2 Å². The second kappa shape index (κ2) is 6.15. The van der Waals surface area contributed by atoms with Gasteiger partial charge in [0.25, 0.3) is 0 Å². The predicted octanol–water partition coefficient (Wildman–Crippen LogP) is 0.884. The first-order valence-electron chi connectivity index (χ1n) is 6.47. The molecule has 1 aliphatic heterocycles. The van der Waals surface area contributed by atoms with Crippen molar-refractivity contribution in [1.29, 1.82) is 0 Å². The van der Waals surface area contributed by atoms with Crippen molar-refractivity contribution in [3.05, 3.63) is 35.9 Å². The number of nitrogens with one attached hydrogen (secondary N) is 1. The van der Waals surface area contributed by atoms with Crippen molar-refractivity contribution >= 4 is 0 Å². The lowest BCUT2D eigenvalue weighted by Gasteiger charge is -2.15. The van der Waals surface area contributed by atoms with Crippen molar-refractivity contribution in [3.8, 4) is 0 Å². The number of aliphatic hydroxyl groups excluding tert-OH is 1. The third-order valence-corrected chi connectivity index (χ3v) is 3.47. The van der Waals surface area contributed by atoms with Gasteiger partial charge in [-0.05, 0) is 25.1 Å². The number of rotatable bonds is 5. The highest BCUT2D eigenvalue weighted by Gasteiger charge is 2.29. The fraction of sp³-hybridized carbons (Fsp3) is 0.571. The van der Waals surface area contributed by atoms with Crippen molar-refractivity contribution in [1.82, 2.24) is 10.2 Å². The van der Waals surface area contributed by atoms with Crippen LogP contribution < -0.4 is 5.32 Å². The summed E-state index contributed by atoms with van der Waals surface area (Å²) in [5.41, 5.74) is 1.35. The van der Waals surface area contributed by atoms with Gasteiger partial charge in [-0.2, -0.15) is 0 Å². The fourth-order valence-corrected chi connectivity index (χ4v) is 2.37. The molecule has 0 unspecified atom stereocenters. The van der Waals surface area contributed by atoms with Crippen molar-refractivity contribution in [2.45, 2.75) is 25.5 Å². The van der Waals surface area contributed by atoms with E-state index in [0.717, 1.165) is 32.6 Å². The van der Waals surface area contributed by atoms with Gasteiger partial charge < -0.3 is 10.4 Å². The minimum absolute atomic E-state index is 0.217. The van der Waals surface area contributed by atoms with Crippen LogP contribution in [0.4, 0.5) is 0 Å². The number of likely N-dealkylation sites (N-methyl/N-ethyl adjacent to an activating group) is 1.